The van der Waals surface area contributed by atoms with Gasteiger partial charge in [-0.25, -0.2) is 13.1 Å². The zero-order valence-electron chi connectivity index (χ0n) is 11.4. The second-order valence-electron chi connectivity index (χ2n) is 3.99. The molecule has 19 heavy (non-hydrogen) atoms. The molecule has 0 saturated heterocycles. The Kier molecular flexibility index (Phi) is 7.00. The molecule has 0 fully saturated rings. The molecular formula is C11H22N4O3S. The minimum absolute atomic E-state index is 0.188. The predicted octanol–water partition coefficient (Wildman–Crippen LogP) is -0.193. The van der Waals surface area contributed by atoms with Crippen LogP contribution in [0.25, 0.3) is 0 Å². The van der Waals surface area contributed by atoms with E-state index < -0.39 is 10.0 Å². The molecule has 0 amide bonds. The van der Waals surface area contributed by atoms with Crippen LogP contribution >= 0.6 is 0 Å². The van der Waals surface area contributed by atoms with Crippen molar-refractivity contribution < 1.29 is 13.2 Å². The first kappa shape index (κ1) is 16.1. The standard InChI is InChI=1S/C11H22N4O3S/c1-3-18-8-6-14-19(16,17)11-9-13-15(10-11)7-4-5-12-2/h9-10,12,14H,3-8H2,1-2H3. The summed E-state index contributed by atoms with van der Waals surface area (Å²) < 4.78 is 33.0. The summed E-state index contributed by atoms with van der Waals surface area (Å²) >= 11 is 0. The van der Waals surface area contributed by atoms with Gasteiger partial charge in [-0.15, -0.1) is 0 Å². The van der Waals surface area contributed by atoms with E-state index in [1.165, 1.54) is 6.20 Å². The number of aryl methyl sites for hydroxylation is 1. The van der Waals surface area contributed by atoms with E-state index in [-0.39, 0.29) is 11.4 Å². The van der Waals surface area contributed by atoms with Gasteiger partial charge in [-0.05, 0) is 26.9 Å². The Morgan fingerprint density at radius 1 is 1.42 bits per heavy atom. The van der Waals surface area contributed by atoms with E-state index in [0.717, 1.165) is 13.0 Å². The molecule has 0 radical (unpaired) electrons. The SMILES string of the molecule is CCOCCNS(=O)(=O)c1cnn(CCCNC)c1. The summed E-state index contributed by atoms with van der Waals surface area (Å²) in [4.78, 5) is 0.188. The molecule has 0 unspecified atom stereocenters. The van der Waals surface area contributed by atoms with Gasteiger partial charge in [-0.2, -0.15) is 5.10 Å². The van der Waals surface area contributed by atoms with Crippen molar-refractivity contribution in [2.45, 2.75) is 24.8 Å². The molecule has 110 valence electrons. The molecule has 1 rings (SSSR count). The fourth-order valence-electron chi connectivity index (χ4n) is 1.50. The first-order chi connectivity index (χ1) is 9.10. The smallest absolute Gasteiger partial charge is 0.243 e. The highest BCUT2D eigenvalue weighted by Crippen LogP contribution is 2.06. The van der Waals surface area contributed by atoms with Gasteiger partial charge in [0.25, 0.3) is 0 Å². The Labute approximate surface area is 114 Å². The van der Waals surface area contributed by atoms with Crippen molar-refractivity contribution in [2.24, 2.45) is 0 Å². The zero-order chi connectivity index (χ0) is 14.1. The number of aromatic nitrogens is 2. The summed E-state index contributed by atoms with van der Waals surface area (Å²) in [6.45, 7) is 4.63. The van der Waals surface area contributed by atoms with Gasteiger partial charge in [0.2, 0.25) is 10.0 Å². The quantitative estimate of drug-likeness (QED) is 0.583. The van der Waals surface area contributed by atoms with Crippen LogP contribution in [0.4, 0.5) is 0 Å². The maximum atomic E-state index is 11.9. The van der Waals surface area contributed by atoms with Gasteiger partial charge in [-0.1, -0.05) is 0 Å². The normalized spacial score (nSPS) is 11.9. The number of nitrogens with zero attached hydrogens (tertiary/aromatic N) is 2. The average Bonchev–Trinajstić information content (AvgIpc) is 2.85. The van der Waals surface area contributed by atoms with Crippen LogP contribution in [0.1, 0.15) is 13.3 Å². The van der Waals surface area contributed by atoms with Gasteiger partial charge in [0.15, 0.2) is 0 Å². The second kappa shape index (κ2) is 8.26. The molecule has 2 N–H and O–H groups in total. The topological polar surface area (TPSA) is 85.2 Å². The molecule has 0 aliphatic carbocycles. The lowest BCUT2D eigenvalue weighted by Gasteiger charge is -2.04. The number of hydrogen-bond acceptors (Lipinski definition) is 5. The monoisotopic (exact) mass is 290 g/mol. The van der Waals surface area contributed by atoms with Gasteiger partial charge in [0.1, 0.15) is 4.90 Å². The largest absolute Gasteiger partial charge is 0.380 e. The molecule has 7 nitrogen and oxygen atoms in total. The van der Waals surface area contributed by atoms with Gasteiger partial charge in [0, 0.05) is 25.9 Å². The van der Waals surface area contributed by atoms with E-state index >= 15 is 0 Å². The maximum absolute atomic E-state index is 11.9. The molecule has 0 aromatic carbocycles. The molecular weight excluding hydrogens is 268 g/mol. The lowest BCUT2D eigenvalue weighted by molar-refractivity contribution is 0.153. The van der Waals surface area contributed by atoms with Crippen molar-refractivity contribution in [3.63, 3.8) is 0 Å². The highest BCUT2D eigenvalue weighted by molar-refractivity contribution is 7.89. The predicted molar refractivity (Wildman–Crippen MR) is 72.5 cm³/mol. The molecule has 0 saturated carbocycles. The fourth-order valence-corrected chi connectivity index (χ4v) is 2.46. The lowest BCUT2D eigenvalue weighted by Crippen LogP contribution is -2.27. The molecule has 1 heterocycles. The number of sulfonamides is 1. The van der Waals surface area contributed by atoms with Crippen molar-refractivity contribution in [3.8, 4) is 0 Å². The Hall–Kier alpha value is -0.960. The fraction of sp³-hybridized carbons (Fsp3) is 0.727. The molecule has 0 aliphatic heterocycles. The van der Waals surface area contributed by atoms with Crippen LogP contribution in [0.3, 0.4) is 0 Å². The van der Waals surface area contributed by atoms with Gasteiger partial charge >= 0.3 is 0 Å². The Bertz CT molecular complexity index is 458. The van der Waals surface area contributed by atoms with E-state index in [1.807, 2.05) is 14.0 Å². The average molecular weight is 290 g/mol. The Morgan fingerprint density at radius 2 is 2.21 bits per heavy atom. The number of hydrogen-bond donors (Lipinski definition) is 2. The van der Waals surface area contributed by atoms with Crippen molar-refractivity contribution in [3.05, 3.63) is 12.4 Å². The summed E-state index contributed by atoms with van der Waals surface area (Å²) in [6.07, 6.45) is 3.80. The molecule has 0 bridgehead atoms. The summed E-state index contributed by atoms with van der Waals surface area (Å²) in [6, 6.07) is 0. The third-order valence-electron chi connectivity index (χ3n) is 2.48. The number of rotatable bonds is 10. The molecule has 1 aromatic heterocycles. The highest BCUT2D eigenvalue weighted by Gasteiger charge is 2.15. The van der Waals surface area contributed by atoms with Crippen LogP contribution in [-0.2, 0) is 21.3 Å². The van der Waals surface area contributed by atoms with E-state index in [1.54, 1.807) is 10.9 Å². The van der Waals surface area contributed by atoms with Crippen LogP contribution in [0.5, 0.6) is 0 Å². The minimum Gasteiger partial charge on any atom is -0.380 e. The molecule has 0 spiro atoms. The van der Waals surface area contributed by atoms with Crippen molar-refractivity contribution >= 4 is 10.0 Å². The lowest BCUT2D eigenvalue weighted by atomic mass is 10.4. The van der Waals surface area contributed by atoms with Gasteiger partial charge < -0.3 is 10.1 Å². The zero-order valence-corrected chi connectivity index (χ0v) is 12.2. The van der Waals surface area contributed by atoms with Crippen LogP contribution < -0.4 is 10.0 Å². The summed E-state index contributed by atoms with van der Waals surface area (Å²) in [5, 5.41) is 7.07. The molecule has 0 aliphatic rings. The summed E-state index contributed by atoms with van der Waals surface area (Å²) in [5.74, 6) is 0. The first-order valence-corrected chi connectivity index (χ1v) is 7.83. The van der Waals surface area contributed by atoms with Crippen LogP contribution in [0.15, 0.2) is 17.3 Å². The third-order valence-corrected chi connectivity index (χ3v) is 3.89. The minimum atomic E-state index is -3.48. The van der Waals surface area contributed by atoms with E-state index in [4.69, 9.17) is 4.74 Å². The van der Waals surface area contributed by atoms with Gasteiger partial charge in [0.05, 0.1) is 12.8 Å². The van der Waals surface area contributed by atoms with E-state index in [0.29, 0.717) is 19.8 Å². The third kappa shape index (κ3) is 5.68. The molecule has 1 aromatic rings. The van der Waals surface area contributed by atoms with Gasteiger partial charge in [-0.3, -0.25) is 4.68 Å². The molecule has 0 atom stereocenters. The Balaban J connectivity index is 2.49. The number of nitrogens with one attached hydrogen (secondary N) is 2. The highest BCUT2D eigenvalue weighted by atomic mass is 32.2. The van der Waals surface area contributed by atoms with Crippen LogP contribution in [0, 0.1) is 0 Å². The van der Waals surface area contributed by atoms with Crippen molar-refractivity contribution in [1.82, 2.24) is 19.8 Å². The van der Waals surface area contributed by atoms with Crippen molar-refractivity contribution in [2.75, 3.05) is 33.4 Å². The Morgan fingerprint density at radius 3 is 2.89 bits per heavy atom. The van der Waals surface area contributed by atoms with Crippen molar-refractivity contribution in [1.29, 1.82) is 0 Å². The van der Waals surface area contributed by atoms with E-state index in [2.05, 4.69) is 15.1 Å². The van der Waals surface area contributed by atoms with E-state index in [9.17, 15) is 8.42 Å². The van der Waals surface area contributed by atoms with Crippen LogP contribution in [-0.4, -0.2) is 51.5 Å². The van der Waals surface area contributed by atoms with Crippen LogP contribution in [0.2, 0.25) is 0 Å². The molecule has 8 heteroatoms. The second-order valence-corrected chi connectivity index (χ2v) is 5.76. The summed E-state index contributed by atoms with van der Waals surface area (Å²) in [7, 11) is -1.60. The first-order valence-electron chi connectivity index (χ1n) is 6.34. The maximum Gasteiger partial charge on any atom is 0.243 e. The number of ether oxygens (including phenoxy) is 1. The summed E-state index contributed by atoms with van der Waals surface area (Å²) in [5.41, 5.74) is 0.